The number of ether oxygens (including phenoxy) is 1. The van der Waals surface area contributed by atoms with Crippen LogP contribution in [0.2, 0.25) is 0 Å². The summed E-state index contributed by atoms with van der Waals surface area (Å²) in [6.45, 7) is 4.43. The summed E-state index contributed by atoms with van der Waals surface area (Å²) in [4.78, 5) is 26.0. The highest BCUT2D eigenvalue weighted by molar-refractivity contribution is 5.94. The highest BCUT2D eigenvalue weighted by Gasteiger charge is 2.17. The van der Waals surface area contributed by atoms with Crippen molar-refractivity contribution in [3.8, 4) is 0 Å². The van der Waals surface area contributed by atoms with Crippen LogP contribution in [0.1, 0.15) is 49.4 Å². The van der Waals surface area contributed by atoms with Gasteiger partial charge in [-0.15, -0.1) is 0 Å². The lowest BCUT2D eigenvalue weighted by Gasteiger charge is -2.22. The molecule has 23 heavy (non-hydrogen) atoms. The number of nitrogens with one attached hydrogen (secondary N) is 1. The van der Waals surface area contributed by atoms with Crippen molar-refractivity contribution in [1.29, 1.82) is 0 Å². The average molecular weight is 324 g/mol. The predicted molar refractivity (Wildman–Crippen MR) is 88.3 cm³/mol. The highest BCUT2D eigenvalue weighted by atomic mass is 16.5. The molecule has 6 nitrogen and oxygen atoms in total. The van der Waals surface area contributed by atoms with E-state index in [2.05, 4.69) is 12.2 Å². The van der Waals surface area contributed by atoms with Gasteiger partial charge in [-0.3, -0.25) is 9.59 Å². The molecule has 2 amide bonds. The number of carbonyl (C=O) groups is 2. The topological polar surface area (TPSA) is 71.8 Å². The van der Waals surface area contributed by atoms with E-state index < -0.39 is 0 Å². The minimum absolute atomic E-state index is 0.0402. The molecular formula is C17H28N2O4. The highest BCUT2D eigenvalue weighted by Crippen LogP contribution is 2.08. The van der Waals surface area contributed by atoms with Crippen molar-refractivity contribution >= 4 is 11.8 Å². The molecule has 0 aliphatic heterocycles. The van der Waals surface area contributed by atoms with Gasteiger partial charge in [0.25, 0.3) is 5.91 Å². The Balaban J connectivity index is 2.42. The molecule has 0 atom stereocenters. The molecule has 0 fully saturated rings. The van der Waals surface area contributed by atoms with Gasteiger partial charge in [0.2, 0.25) is 5.91 Å². The fraction of sp³-hybridized carbons (Fsp3) is 0.647. The summed E-state index contributed by atoms with van der Waals surface area (Å²) in [5.74, 6) is -0.122. The lowest BCUT2D eigenvalue weighted by molar-refractivity contribution is -0.121. The predicted octanol–water partition coefficient (Wildman–Crippen LogP) is 2.45. The van der Waals surface area contributed by atoms with Crippen LogP contribution in [0, 0.1) is 0 Å². The number of unbranched alkanes of at least 4 members (excludes halogenated alkanes) is 2. The van der Waals surface area contributed by atoms with Crippen molar-refractivity contribution in [2.75, 3.05) is 33.4 Å². The van der Waals surface area contributed by atoms with Crippen molar-refractivity contribution in [3.63, 3.8) is 0 Å². The van der Waals surface area contributed by atoms with E-state index in [-0.39, 0.29) is 11.8 Å². The van der Waals surface area contributed by atoms with Gasteiger partial charge in [-0.05, 0) is 18.9 Å². The molecule has 0 radical (unpaired) electrons. The quantitative estimate of drug-likeness (QED) is 0.600. The Labute approximate surface area is 138 Å². The maximum absolute atomic E-state index is 12.4. The minimum atomic E-state index is -0.0814. The Hall–Kier alpha value is -1.82. The van der Waals surface area contributed by atoms with Gasteiger partial charge in [0.15, 0.2) is 0 Å². The Bertz CT molecular complexity index is 445. The lowest BCUT2D eigenvalue weighted by Crippen LogP contribution is -2.36. The monoisotopic (exact) mass is 324 g/mol. The second kappa shape index (κ2) is 11.7. The van der Waals surface area contributed by atoms with Gasteiger partial charge < -0.3 is 19.4 Å². The van der Waals surface area contributed by atoms with Crippen molar-refractivity contribution < 1.29 is 18.7 Å². The molecule has 0 saturated heterocycles. The molecule has 1 heterocycles. The van der Waals surface area contributed by atoms with Crippen LogP contribution in [-0.2, 0) is 9.53 Å². The van der Waals surface area contributed by atoms with Crippen LogP contribution in [0.4, 0.5) is 0 Å². The number of hydrogen-bond acceptors (Lipinski definition) is 4. The molecule has 1 aromatic heterocycles. The van der Waals surface area contributed by atoms with Gasteiger partial charge in [0.05, 0.1) is 11.8 Å². The fourth-order valence-corrected chi connectivity index (χ4v) is 2.21. The number of amides is 2. The van der Waals surface area contributed by atoms with Gasteiger partial charge in [-0.1, -0.05) is 19.8 Å². The van der Waals surface area contributed by atoms with Gasteiger partial charge in [-0.25, -0.2) is 0 Å². The summed E-state index contributed by atoms with van der Waals surface area (Å²) in [7, 11) is 1.64. The number of methoxy groups -OCH3 is 1. The SMILES string of the molecule is CCCCCN(CCC(=O)NCCCOC)C(=O)c1ccoc1. The van der Waals surface area contributed by atoms with E-state index >= 15 is 0 Å². The Morgan fingerprint density at radius 1 is 1.26 bits per heavy atom. The van der Waals surface area contributed by atoms with Crippen LogP contribution >= 0.6 is 0 Å². The third-order valence-corrected chi connectivity index (χ3v) is 3.54. The molecular weight excluding hydrogens is 296 g/mol. The van der Waals surface area contributed by atoms with E-state index in [9.17, 15) is 9.59 Å². The lowest BCUT2D eigenvalue weighted by atomic mass is 10.2. The average Bonchev–Trinajstić information content (AvgIpc) is 3.08. The molecule has 6 heteroatoms. The van der Waals surface area contributed by atoms with Crippen molar-refractivity contribution in [3.05, 3.63) is 24.2 Å². The van der Waals surface area contributed by atoms with Crippen molar-refractivity contribution in [1.82, 2.24) is 10.2 Å². The molecule has 0 unspecified atom stereocenters. The third-order valence-electron chi connectivity index (χ3n) is 3.54. The zero-order valence-electron chi connectivity index (χ0n) is 14.2. The molecule has 0 aromatic carbocycles. The summed E-state index contributed by atoms with van der Waals surface area (Å²) in [5, 5.41) is 2.84. The number of carbonyl (C=O) groups excluding carboxylic acids is 2. The van der Waals surface area contributed by atoms with Gasteiger partial charge in [0, 0.05) is 39.8 Å². The number of hydrogen-bond donors (Lipinski definition) is 1. The molecule has 0 spiro atoms. The van der Waals surface area contributed by atoms with Gasteiger partial charge in [-0.2, -0.15) is 0 Å². The molecule has 130 valence electrons. The Morgan fingerprint density at radius 2 is 2.09 bits per heavy atom. The largest absolute Gasteiger partial charge is 0.472 e. The molecule has 1 aromatic rings. The summed E-state index contributed by atoms with van der Waals surface area (Å²) < 4.78 is 9.91. The van der Waals surface area contributed by atoms with Crippen molar-refractivity contribution in [2.24, 2.45) is 0 Å². The summed E-state index contributed by atoms with van der Waals surface area (Å²) in [6.07, 6.45) is 7.13. The number of nitrogens with zero attached hydrogens (tertiary/aromatic N) is 1. The first kappa shape index (κ1) is 19.2. The molecule has 0 bridgehead atoms. The van der Waals surface area contributed by atoms with E-state index in [1.807, 2.05) is 0 Å². The maximum Gasteiger partial charge on any atom is 0.257 e. The fourth-order valence-electron chi connectivity index (χ4n) is 2.21. The first-order chi connectivity index (χ1) is 11.2. The number of rotatable bonds is 12. The third kappa shape index (κ3) is 7.83. The molecule has 0 aliphatic carbocycles. The van der Waals surface area contributed by atoms with E-state index in [0.29, 0.717) is 38.2 Å². The van der Waals surface area contributed by atoms with Crippen molar-refractivity contribution in [2.45, 2.75) is 39.0 Å². The van der Waals surface area contributed by atoms with E-state index in [1.54, 1.807) is 18.1 Å². The Morgan fingerprint density at radius 3 is 2.74 bits per heavy atom. The molecule has 0 aliphatic rings. The van der Waals surface area contributed by atoms with Crippen LogP contribution in [-0.4, -0.2) is 50.1 Å². The first-order valence-electron chi connectivity index (χ1n) is 8.26. The zero-order valence-corrected chi connectivity index (χ0v) is 14.2. The van der Waals surface area contributed by atoms with Crippen LogP contribution in [0.5, 0.6) is 0 Å². The van der Waals surface area contributed by atoms with E-state index in [1.165, 1.54) is 12.5 Å². The maximum atomic E-state index is 12.4. The second-order valence-electron chi connectivity index (χ2n) is 5.46. The smallest absolute Gasteiger partial charge is 0.257 e. The van der Waals surface area contributed by atoms with Crippen LogP contribution in [0.25, 0.3) is 0 Å². The normalized spacial score (nSPS) is 10.5. The Kier molecular flexibility index (Phi) is 9.79. The molecule has 1 rings (SSSR count). The summed E-state index contributed by atoms with van der Waals surface area (Å²) >= 11 is 0. The zero-order chi connectivity index (χ0) is 16.9. The molecule has 0 saturated carbocycles. The van der Waals surface area contributed by atoms with Crippen LogP contribution in [0.3, 0.4) is 0 Å². The van der Waals surface area contributed by atoms with E-state index in [4.69, 9.17) is 9.15 Å². The molecule has 1 N–H and O–H groups in total. The van der Waals surface area contributed by atoms with Crippen LogP contribution in [0.15, 0.2) is 23.0 Å². The van der Waals surface area contributed by atoms with E-state index in [0.717, 1.165) is 25.7 Å². The van der Waals surface area contributed by atoms with Crippen LogP contribution < -0.4 is 5.32 Å². The van der Waals surface area contributed by atoms with Gasteiger partial charge in [0.1, 0.15) is 6.26 Å². The summed E-state index contributed by atoms with van der Waals surface area (Å²) in [6, 6.07) is 1.65. The number of furan rings is 1. The first-order valence-corrected chi connectivity index (χ1v) is 8.26. The van der Waals surface area contributed by atoms with Gasteiger partial charge >= 0.3 is 0 Å². The second-order valence-corrected chi connectivity index (χ2v) is 5.46. The standard InChI is InChI=1S/C17H28N2O4/c1-3-4-5-10-19(17(21)15-8-13-23-14-15)11-7-16(20)18-9-6-12-22-2/h8,13-14H,3-7,9-12H2,1-2H3,(H,18,20). The minimum Gasteiger partial charge on any atom is -0.472 e. The summed E-state index contributed by atoms with van der Waals surface area (Å²) in [5.41, 5.74) is 0.530.